The van der Waals surface area contributed by atoms with Gasteiger partial charge in [0.1, 0.15) is 4.21 Å². The van der Waals surface area contributed by atoms with Crippen molar-refractivity contribution in [2.75, 3.05) is 13.1 Å². The van der Waals surface area contributed by atoms with Gasteiger partial charge in [-0.1, -0.05) is 20.3 Å². The van der Waals surface area contributed by atoms with Crippen molar-refractivity contribution in [1.82, 2.24) is 10.0 Å². The summed E-state index contributed by atoms with van der Waals surface area (Å²) in [6.07, 6.45) is 4.41. The molecule has 1 fully saturated rings. The lowest BCUT2D eigenvalue weighted by Crippen LogP contribution is -2.31. The normalized spacial score (nSPS) is 16.6. The van der Waals surface area contributed by atoms with Crippen LogP contribution in [0.1, 0.15) is 38.0 Å². The fraction of sp³-hybridized carbons (Fsp3) is 0.714. The van der Waals surface area contributed by atoms with Gasteiger partial charge in [0, 0.05) is 24.0 Å². The first-order valence-corrected chi connectivity index (χ1v) is 9.59. The summed E-state index contributed by atoms with van der Waals surface area (Å²) in [6.45, 7) is 5.68. The first-order chi connectivity index (χ1) is 9.47. The largest absolute Gasteiger partial charge is 0.314 e. The van der Waals surface area contributed by atoms with Gasteiger partial charge in [0.2, 0.25) is 10.0 Å². The molecule has 1 aliphatic carbocycles. The predicted octanol–water partition coefficient (Wildman–Crippen LogP) is 2.37. The van der Waals surface area contributed by atoms with E-state index in [0.717, 1.165) is 30.7 Å². The van der Waals surface area contributed by atoms with E-state index >= 15 is 0 Å². The highest BCUT2D eigenvalue weighted by molar-refractivity contribution is 7.91. The summed E-state index contributed by atoms with van der Waals surface area (Å²) in [4.78, 5) is 1.11. The first kappa shape index (κ1) is 15.9. The molecular weight excluding hydrogens is 292 g/mol. The lowest BCUT2D eigenvalue weighted by atomic mass is 9.86. The average Bonchev–Trinajstić information content (AvgIpc) is 2.75. The minimum absolute atomic E-state index is 0.441. The van der Waals surface area contributed by atoms with Crippen molar-refractivity contribution in [3.63, 3.8) is 0 Å². The number of nitrogens with one attached hydrogen (secondary N) is 2. The molecule has 0 amide bonds. The van der Waals surface area contributed by atoms with Crippen LogP contribution in [-0.4, -0.2) is 27.5 Å². The van der Waals surface area contributed by atoms with E-state index in [4.69, 9.17) is 0 Å². The zero-order valence-electron chi connectivity index (χ0n) is 12.2. The van der Waals surface area contributed by atoms with Crippen LogP contribution in [0.25, 0.3) is 0 Å². The van der Waals surface area contributed by atoms with Crippen molar-refractivity contribution in [1.29, 1.82) is 0 Å². The number of hydrogen-bond donors (Lipinski definition) is 2. The molecule has 0 saturated heterocycles. The van der Waals surface area contributed by atoms with Gasteiger partial charge in [-0.25, -0.2) is 13.1 Å². The van der Waals surface area contributed by atoms with E-state index < -0.39 is 10.0 Å². The van der Waals surface area contributed by atoms with Gasteiger partial charge in [-0.15, -0.1) is 11.3 Å². The van der Waals surface area contributed by atoms with Crippen LogP contribution >= 0.6 is 11.3 Å². The molecule has 0 unspecified atom stereocenters. The number of sulfonamides is 1. The summed E-state index contributed by atoms with van der Waals surface area (Å²) in [7, 11) is -3.30. The second-order valence-electron chi connectivity index (χ2n) is 5.73. The second-order valence-corrected chi connectivity index (χ2v) is 8.89. The smallest absolute Gasteiger partial charge is 0.250 e. The van der Waals surface area contributed by atoms with Crippen molar-refractivity contribution < 1.29 is 8.42 Å². The third-order valence-electron chi connectivity index (χ3n) is 3.61. The highest BCUT2D eigenvalue weighted by atomic mass is 32.2. The first-order valence-electron chi connectivity index (χ1n) is 7.29. The van der Waals surface area contributed by atoms with E-state index in [1.165, 1.54) is 17.8 Å². The van der Waals surface area contributed by atoms with Gasteiger partial charge in [0.15, 0.2) is 0 Å². The van der Waals surface area contributed by atoms with Crippen LogP contribution in [0.5, 0.6) is 0 Å². The Balaban J connectivity index is 1.85. The Morgan fingerprint density at radius 2 is 2.10 bits per heavy atom. The number of thiophene rings is 1. The Kier molecular flexibility index (Phi) is 5.60. The fourth-order valence-corrected chi connectivity index (χ4v) is 4.63. The monoisotopic (exact) mass is 316 g/mol. The second kappa shape index (κ2) is 7.02. The molecule has 6 heteroatoms. The third-order valence-corrected chi connectivity index (χ3v) is 6.67. The maximum atomic E-state index is 12.2. The highest BCUT2D eigenvalue weighted by Crippen LogP contribution is 2.27. The predicted molar refractivity (Wildman–Crippen MR) is 83.7 cm³/mol. The molecule has 0 aliphatic heterocycles. The SMILES string of the molecule is CC(C)NCCc1ccc(S(=O)(=O)NCC2CCC2)s1. The maximum absolute atomic E-state index is 12.2. The summed E-state index contributed by atoms with van der Waals surface area (Å²) >= 11 is 1.38. The van der Waals surface area contributed by atoms with Gasteiger partial charge < -0.3 is 5.32 Å². The van der Waals surface area contributed by atoms with Crippen molar-refractivity contribution in [3.8, 4) is 0 Å². The van der Waals surface area contributed by atoms with Gasteiger partial charge in [0.25, 0.3) is 0 Å². The van der Waals surface area contributed by atoms with Crippen LogP contribution < -0.4 is 10.0 Å². The molecule has 0 spiro atoms. The van der Waals surface area contributed by atoms with Crippen molar-refractivity contribution in [2.45, 2.75) is 49.8 Å². The van der Waals surface area contributed by atoms with Crippen LogP contribution in [0, 0.1) is 5.92 Å². The highest BCUT2D eigenvalue weighted by Gasteiger charge is 2.22. The molecule has 0 bridgehead atoms. The molecule has 1 heterocycles. The molecule has 1 saturated carbocycles. The van der Waals surface area contributed by atoms with Gasteiger partial charge in [0.05, 0.1) is 0 Å². The van der Waals surface area contributed by atoms with Crippen molar-refractivity contribution in [2.24, 2.45) is 5.92 Å². The maximum Gasteiger partial charge on any atom is 0.250 e. The zero-order valence-corrected chi connectivity index (χ0v) is 13.8. The van der Waals surface area contributed by atoms with Crippen molar-refractivity contribution >= 4 is 21.4 Å². The fourth-order valence-electron chi connectivity index (χ4n) is 2.12. The minimum atomic E-state index is -3.30. The molecule has 0 radical (unpaired) electrons. The van der Waals surface area contributed by atoms with E-state index in [2.05, 4.69) is 23.9 Å². The van der Waals surface area contributed by atoms with Gasteiger partial charge in [-0.2, -0.15) is 0 Å². The van der Waals surface area contributed by atoms with Gasteiger partial charge >= 0.3 is 0 Å². The topological polar surface area (TPSA) is 58.2 Å². The lowest BCUT2D eigenvalue weighted by molar-refractivity contribution is 0.316. The quantitative estimate of drug-likeness (QED) is 0.774. The Labute approximate surface area is 126 Å². The molecule has 2 N–H and O–H groups in total. The molecule has 20 heavy (non-hydrogen) atoms. The standard InChI is InChI=1S/C14H24N2O2S2/c1-11(2)15-9-8-13-6-7-14(19-13)20(17,18)16-10-12-4-3-5-12/h6-7,11-12,15-16H,3-5,8-10H2,1-2H3. The molecule has 114 valence electrons. The Morgan fingerprint density at radius 3 is 2.70 bits per heavy atom. The van der Waals surface area contributed by atoms with E-state index in [1.807, 2.05) is 6.07 Å². The Hall–Kier alpha value is -0.430. The summed E-state index contributed by atoms with van der Waals surface area (Å²) < 4.78 is 27.5. The van der Waals surface area contributed by atoms with Crippen LogP contribution in [0.15, 0.2) is 16.3 Å². The minimum Gasteiger partial charge on any atom is -0.314 e. The molecule has 1 aromatic heterocycles. The summed E-state index contributed by atoms with van der Waals surface area (Å²) in [5.74, 6) is 0.541. The summed E-state index contributed by atoms with van der Waals surface area (Å²) in [5, 5.41) is 3.34. The Bertz CT molecular complexity index is 519. The number of rotatable bonds is 8. The van der Waals surface area contributed by atoms with Crippen molar-refractivity contribution in [3.05, 3.63) is 17.0 Å². The van der Waals surface area contributed by atoms with Crippen LogP contribution in [-0.2, 0) is 16.4 Å². The molecule has 1 aromatic rings. The lowest BCUT2D eigenvalue weighted by Gasteiger charge is -2.25. The summed E-state index contributed by atoms with van der Waals surface area (Å²) in [5.41, 5.74) is 0. The van der Waals surface area contributed by atoms with Gasteiger partial charge in [-0.05, 0) is 37.3 Å². The van der Waals surface area contributed by atoms with Crippen LogP contribution in [0.4, 0.5) is 0 Å². The van der Waals surface area contributed by atoms with E-state index in [-0.39, 0.29) is 0 Å². The molecule has 4 nitrogen and oxygen atoms in total. The van der Waals surface area contributed by atoms with Crippen LogP contribution in [0.3, 0.4) is 0 Å². The summed E-state index contributed by atoms with van der Waals surface area (Å²) in [6, 6.07) is 4.10. The number of hydrogen-bond acceptors (Lipinski definition) is 4. The zero-order chi connectivity index (χ0) is 14.6. The molecule has 2 rings (SSSR count). The van der Waals surface area contributed by atoms with E-state index in [1.54, 1.807) is 6.07 Å². The van der Waals surface area contributed by atoms with E-state index in [9.17, 15) is 8.42 Å². The molecule has 1 aliphatic rings. The molecule has 0 aromatic carbocycles. The third kappa shape index (κ3) is 4.55. The van der Waals surface area contributed by atoms with Gasteiger partial charge in [-0.3, -0.25) is 0 Å². The Morgan fingerprint density at radius 1 is 1.35 bits per heavy atom. The average molecular weight is 316 g/mol. The molecular formula is C14H24N2O2S2. The van der Waals surface area contributed by atoms with Crippen LogP contribution in [0.2, 0.25) is 0 Å². The van der Waals surface area contributed by atoms with E-state index in [0.29, 0.717) is 22.7 Å². The molecule has 0 atom stereocenters.